The first kappa shape index (κ1) is 9.32. The van der Waals surface area contributed by atoms with Gasteiger partial charge in [0, 0.05) is 5.41 Å². The van der Waals surface area contributed by atoms with Crippen molar-refractivity contribution in [2.24, 2.45) is 0 Å². The maximum absolute atomic E-state index is 9.16. The van der Waals surface area contributed by atoms with Gasteiger partial charge in [-0.15, -0.1) is 0 Å². The van der Waals surface area contributed by atoms with Crippen LogP contribution in [0.1, 0.15) is 38.2 Å². The number of aromatic amines is 1. The molecule has 2 radical (unpaired) electrons. The molecule has 0 amide bonds. The number of hydrogen-bond donors (Lipinski definition) is 2. The van der Waals surface area contributed by atoms with Gasteiger partial charge < -0.3 is 10.1 Å². The predicted octanol–water partition coefficient (Wildman–Crippen LogP) is 0.867. The first-order chi connectivity index (χ1) is 5.43. The van der Waals surface area contributed by atoms with Crippen molar-refractivity contribution in [3.8, 4) is 0 Å². The topological polar surface area (TPSA) is 48.9 Å². The third-order valence-corrected chi connectivity index (χ3v) is 1.67. The van der Waals surface area contributed by atoms with E-state index in [1.54, 1.807) is 6.33 Å². The molecule has 1 rings (SSSR count). The lowest BCUT2D eigenvalue weighted by Crippen LogP contribution is -2.16. The lowest BCUT2D eigenvalue weighted by atomic mass is 9.85. The van der Waals surface area contributed by atoms with Crippen LogP contribution in [-0.2, 0) is 5.41 Å². The molecule has 1 heterocycles. The molecule has 0 aliphatic heterocycles. The van der Waals surface area contributed by atoms with Crippen molar-refractivity contribution in [1.82, 2.24) is 9.97 Å². The van der Waals surface area contributed by atoms with E-state index in [4.69, 9.17) is 13.0 Å². The summed E-state index contributed by atoms with van der Waals surface area (Å²) in [5.74, 6) is 0. The molecule has 0 spiro atoms. The lowest BCUT2D eigenvalue weighted by molar-refractivity contribution is 0.254. The van der Waals surface area contributed by atoms with Gasteiger partial charge in [0.25, 0.3) is 0 Å². The molecule has 0 aromatic carbocycles. The Morgan fingerprint density at radius 2 is 2.17 bits per heavy atom. The van der Waals surface area contributed by atoms with Crippen molar-refractivity contribution in [1.29, 1.82) is 0 Å². The Labute approximate surface area is 73.6 Å². The van der Waals surface area contributed by atoms with E-state index in [0.717, 1.165) is 5.69 Å². The summed E-state index contributed by atoms with van der Waals surface area (Å²) >= 11 is 0. The number of H-pyrrole nitrogens is 1. The summed E-state index contributed by atoms with van der Waals surface area (Å²) in [4.78, 5) is 6.94. The fourth-order valence-corrected chi connectivity index (χ4v) is 1.13. The van der Waals surface area contributed by atoms with E-state index in [-0.39, 0.29) is 5.41 Å². The van der Waals surface area contributed by atoms with Gasteiger partial charge in [0.15, 0.2) is 0 Å². The van der Waals surface area contributed by atoms with Gasteiger partial charge in [0.05, 0.1) is 23.7 Å². The highest BCUT2D eigenvalue weighted by molar-refractivity contribution is 6.11. The second-order valence-electron chi connectivity index (χ2n) is 3.86. The highest BCUT2D eigenvalue weighted by Gasteiger charge is 2.22. The molecule has 4 heteroatoms. The number of imidazole rings is 1. The monoisotopic (exact) mass is 164 g/mol. The number of aliphatic hydroxyl groups excluding tert-OH is 1. The molecule has 0 aliphatic rings. The maximum Gasteiger partial charge on any atom is 0.117 e. The Morgan fingerprint density at radius 3 is 2.50 bits per heavy atom. The quantitative estimate of drug-likeness (QED) is 0.605. The zero-order valence-corrected chi connectivity index (χ0v) is 7.63. The normalized spacial score (nSPS) is 14.7. The average Bonchev–Trinajstić information content (AvgIpc) is 2.30. The minimum atomic E-state index is -0.971. The second kappa shape index (κ2) is 2.94. The summed E-state index contributed by atoms with van der Waals surface area (Å²) < 4.78 is 0. The summed E-state index contributed by atoms with van der Waals surface area (Å²) in [7, 11) is 5.34. The van der Waals surface area contributed by atoms with Crippen LogP contribution < -0.4 is 0 Å². The van der Waals surface area contributed by atoms with Crippen molar-refractivity contribution in [3.63, 3.8) is 0 Å². The minimum Gasteiger partial charge on any atom is -0.397 e. The van der Waals surface area contributed by atoms with E-state index in [2.05, 4.69) is 9.97 Å². The SMILES string of the molecule is [B]C(O)c1[nH]cnc1C(C)(C)C. The Morgan fingerprint density at radius 1 is 1.58 bits per heavy atom. The Kier molecular flexibility index (Phi) is 2.28. The van der Waals surface area contributed by atoms with Crippen LogP contribution in [0.2, 0.25) is 0 Å². The molecule has 0 aliphatic carbocycles. The zero-order chi connectivity index (χ0) is 9.35. The number of aromatic nitrogens is 2. The van der Waals surface area contributed by atoms with E-state index in [0.29, 0.717) is 5.69 Å². The highest BCUT2D eigenvalue weighted by atomic mass is 16.3. The van der Waals surface area contributed by atoms with Crippen LogP contribution >= 0.6 is 0 Å². The van der Waals surface area contributed by atoms with Gasteiger partial charge in [0.1, 0.15) is 7.85 Å². The number of rotatable bonds is 1. The summed E-state index contributed by atoms with van der Waals surface area (Å²) in [6.07, 6.45) is 1.55. The third kappa shape index (κ3) is 1.69. The first-order valence-electron chi connectivity index (χ1n) is 3.90. The number of nitrogens with zero attached hydrogens (tertiary/aromatic N) is 1. The molecule has 64 valence electrons. The van der Waals surface area contributed by atoms with Crippen molar-refractivity contribution in [3.05, 3.63) is 17.7 Å². The Bertz CT molecular complexity index is 262. The van der Waals surface area contributed by atoms with Crippen molar-refractivity contribution in [2.45, 2.75) is 32.2 Å². The largest absolute Gasteiger partial charge is 0.397 e. The molecule has 0 saturated heterocycles. The molecule has 1 atom stereocenters. The molecule has 1 unspecified atom stereocenters. The maximum atomic E-state index is 9.16. The average molecular weight is 164 g/mol. The Balaban J connectivity index is 3.08. The molecule has 0 bridgehead atoms. The van der Waals surface area contributed by atoms with Crippen LogP contribution in [0.3, 0.4) is 0 Å². The summed E-state index contributed by atoms with van der Waals surface area (Å²) in [6, 6.07) is -0.971. The molecule has 0 saturated carbocycles. The van der Waals surface area contributed by atoms with Crippen LogP contribution in [0.25, 0.3) is 0 Å². The fraction of sp³-hybridized carbons (Fsp3) is 0.625. The highest BCUT2D eigenvalue weighted by Crippen LogP contribution is 2.25. The van der Waals surface area contributed by atoms with Gasteiger partial charge in [0.2, 0.25) is 0 Å². The number of nitrogens with one attached hydrogen (secondary N) is 1. The molecular weight excluding hydrogens is 151 g/mol. The predicted molar refractivity (Wildman–Crippen MR) is 48.0 cm³/mol. The van der Waals surface area contributed by atoms with Crippen molar-refractivity contribution in [2.75, 3.05) is 0 Å². The van der Waals surface area contributed by atoms with Crippen LogP contribution in [0.4, 0.5) is 0 Å². The standard InChI is InChI=1S/C8H13BN2O/c1-8(2,3)6-5(7(9)12)10-4-11-6/h4,7,12H,1-3H3,(H,10,11). The lowest BCUT2D eigenvalue weighted by Gasteiger charge is -2.18. The third-order valence-electron chi connectivity index (χ3n) is 1.67. The van der Waals surface area contributed by atoms with E-state index >= 15 is 0 Å². The van der Waals surface area contributed by atoms with Gasteiger partial charge in [-0.05, 0) is 0 Å². The van der Waals surface area contributed by atoms with Crippen molar-refractivity contribution < 1.29 is 5.11 Å². The molecule has 0 fully saturated rings. The van der Waals surface area contributed by atoms with Crippen LogP contribution in [0, 0.1) is 0 Å². The smallest absolute Gasteiger partial charge is 0.117 e. The van der Waals surface area contributed by atoms with E-state index in [1.807, 2.05) is 20.8 Å². The van der Waals surface area contributed by atoms with E-state index < -0.39 is 6.00 Å². The number of hydrogen-bond acceptors (Lipinski definition) is 2. The zero-order valence-electron chi connectivity index (χ0n) is 7.63. The fourth-order valence-electron chi connectivity index (χ4n) is 1.13. The summed E-state index contributed by atoms with van der Waals surface area (Å²) in [5.41, 5.74) is 1.33. The molecule has 12 heavy (non-hydrogen) atoms. The van der Waals surface area contributed by atoms with Gasteiger partial charge in [-0.3, -0.25) is 0 Å². The van der Waals surface area contributed by atoms with Crippen LogP contribution in [0.15, 0.2) is 6.33 Å². The van der Waals surface area contributed by atoms with Gasteiger partial charge in [-0.25, -0.2) is 4.98 Å². The summed E-state index contributed by atoms with van der Waals surface area (Å²) in [5, 5.41) is 9.16. The molecule has 3 nitrogen and oxygen atoms in total. The van der Waals surface area contributed by atoms with Crippen LogP contribution in [0.5, 0.6) is 0 Å². The van der Waals surface area contributed by atoms with Gasteiger partial charge in [-0.1, -0.05) is 20.8 Å². The number of aliphatic hydroxyl groups is 1. The minimum absolute atomic E-state index is 0.0876. The van der Waals surface area contributed by atoms with Crippen LogP contribution in [-0.4, -0.2) is 22.9 Å². The van der Waals surface area contributed by atoms with Gasteiger partial charge >= 0.3 is 0 Å². The van der Waals surface area contributed by atoms with E-state index in [9.17, 15) is 0 Å². The Hall–Kier alpha value is -0.765. The molecule has 1 aromatic rings. The first-order valence-corrected chi connectivity index (χ1v) is 3.90. The molecule has 1 aromatic heterocycles. The molecule has 2 N–H and O–H groups in total. The molecular formula is C8H13BN2O. The summed E-state index contributed by atoms with van der Waals surface area (Å²) in [6.45, 7) is 6.07. The van der Waals surface area contributed by atoms with Crippen molar-refractivity contribution >= 4 is 7.85 Å². The van der Waals surface area contributed by atoms with E-state index in [1.165, 1.54) is 0 Å². The second-order valence-corrected chi connectivity index (χ2v) is 3.86. The van der Waals surface area contributed by atoms with Gasteiger partial charge in [-0.2, -0.15) is 0 Å².